The van der Waals surface area contributed by atoms with Crippen LogP contribution in [-0.4, -0.2) is 48.5 Å². The number of nitrogens with zero attached hydrogens (tertiary/aromatic N) is 2. The number of likely N-dealkylation sites (tertiary alicyclic amines) is 1. The van der Waals surface area contributed by atoms with Crippen LogP contribution in [-0.2, 0) is 4.79 Å². The summed E-state index contributed by atoms with van der Waals surface area (Å²) in [5, 5.41) is 7.94. The number of rotatable bonds is 5. The number of piperidine rings is 1. The molecule has 1 amide bonds. The third-order valence-corrected chi connectivity index (χ3v) is 5.58. The van der Waals surface area contributed by atoms with E-state index in [9.17, 15) is 4.79 Å². The number of halogens is 2. The van der Waals surface area contributed by atoms with Crippen molar-refractivity contribution in [2.24, 2.45) is 10.9 Å². The lowest BCUT2D eigenvalue weighted by atomic mass is 10.0. The van der Waals surface area contributed by atoms with Gasteiger partial charge >= 0.3 is 0 Å². The van der Waals surface area contributed by atoms with Crippen LogP contribution in [0.3, 0.4) is 0 Å². The molecule has 28 heavy (non-hydrogen) atoms. The molecule has 2 unspecified atom stereocenters. The van der Waals surface area contributed by atoms with Gasteiger partial charge in [-0.3, -0.25) is 9.79 Å². The first kappa shape index (κ1) is 23.3. The van der Waals surface area contributed by atoms with Gasteiger partial charge in [-0.1, -0.05) is 37.6 Å². The summed E-state index contributed by atoms with van der Waals surface area (Å²) in [5.74, 6) is 1.72. The fourth-order valence-electron chi connectivity index (χ4n) is 3.73. The average molecular weight is 519 g/mol. The fourth-order valence-corrected chi connectivity index (χ4v) is 3.93. The lowest BCUT2D eigenvalue weighted by Gasteiger charge is -2.34. The van der Waals surface area contributed by atoms with Gasteiger partial charge in [-0.15, -0.1) is 24.0 Å². The Balaban J connectivity index is 0.00000280. The largest absolute Gasteiger partial charge is 0.354 e. The Kier molecular flexibility index (Phi) is 8.86. The van der Waals surface area contributed by atoms with Gasteiger partial charge < -0.3 is 15.5 Å². The number of amides is 1. The number of carbonyl (C=O) groups is 1. The van der Waals surface area contributed by atoms with Crippen molar-refractivity contribution in [3.63, 3.8) is 0 Å². The molecular weight excluding hydrogens is 487 g/mol. The summed E-state index contributed by atoms with van der Waals surface area (Å²) in [5.41, 5.74) is 1.29. The lowest BCUT2D eigenvalue weighted by Crippen LogP contribution is -2.50. The molecule has 1 heterocycles. The molecule has 2 aliphatic rings. The zero-order valence-electron chi connectivity index (χ0n) is 17.0. The van der Waals surface area contributed by atoms with Gasteiger partial charge in [-0.25, -0.2) is 0 Å². The van der Waals surface area contributed by atoms with Gasteiger partial charge in [-0.05, 0) is 43.9 Å². The molecule has 2 N–H and O–H groups in total. The maximum absolute atomic E-state index is 12.1. The van der Waals surface area contributed by atoms with E-state index in [0.717, 1.165) is 49.9 Å². The Labute approximate surface area is 190 Å². The quantitative estimate of drug-likeness (QED) is 0.352. The third-order valence-electron chi connectivity index (χ3n) is 5.35. The molecule has 0 spiro atoms. The van der Waals surface area contributed by atoms with Crippen LogP contribution in [0.1, 0.15) is 51.5 Å². The normalized spacial score (nSPS) is 22.6. The first-order valence-electron chi connectivity index (χ1n) is 10.1. The molecule has 1 aromatic carbocycles. The van der Waals surface area contributed by atoms with Crippen molar-refractivity contribution in [2.75, 3.05) is 19.6 Å². The lowest BCUT2D eigenvalue weighted by molar-refractivity contribution is -0.135. The van der Waals surface area contributed by atoms with E-state index >= 15 is 0 Å². The molecule has 1 aliphatic carbocycles. The van der Waals surface area contributed by atoms with E-state index in [1.54, 1.807) is 0 Å². The van der Waals surface area contributed by atoms with Gasteiger partial charge in [0.25, 0.3) is 0 Å². The van der Waals surface area contributed by atoms with Gasteiger partial charge in [0.2, 0.25) is 5.91 Å². The summed E-state index contributed by atoms with van der Waals surface area (Å²) in [6.45, 7) is 8.37. The highest BCUT2D eigenvalue weighted by atomic mass is 127. The molecule has 2 fully saturated rings. The van der Waals surface area contributed by atoms with Crippen molar-refractivity contribution in [1.29, 1.82) is 0 Å². The molecule has 0 aromatic heterocycles. The topological polar surface area (TPSA) is 56.7 Å². The second kappa shape index (κ2) is 10.7. The molecule has 1 aliphatic heterocycles. The first-order valence-corrected chi connectivity index (χ1v) is 10.5. The van der Waals surface area contributed by atoms with Crippen LogP contribution in [0.2, 0.25) is 5.02 Å². The van der Waals surface area contributed by atoms with Crippen molar-refractivity contribution in [1.82, 2.24) is 15.5 Å². The van der Waals surface area contributed by atoms with E-state index in [1.807, 2.05) is 30.9 Å². The van der Waals surface area contributed by atoms with E-state index in [0.29, 0.717) is 18.0 Å². The number of guanidine groups is 1. The predicted octanol–water partition coefficient (Wildman–Crippen LogP) is 4.02. The van der Waals surface area contributed by atoms with Crippen LogP contribution in [0.5, 0.6) is 0 Å². The third kappa shape index (κ3) is 6.24. The molecule has 1 saturated carbocycles. The van der Waals surface area contributed by atoms with Crippen LogP contribution in [0, 0.1) is 5.92 Å². The van der Waals surface area contributed by atoms with Crippen molar-refractivity contribution in [3.05, 3.63) is 34.9 Å². The number of benzene rings is 1. The first-order chi connectivity index (χ1) is 13.0. The van der Waals surface area contributed by atoms with E-state index in [2.05, 4.69) is 34.7 Å². The SMILES string of the molecule is CCN=C(NC1CCN(C(=O)C(C)C)CC1)NC1CC1c1cccc(Cl)c1.I. The Bertz CT molecular complexity index is 689. The Morgan fingerprint density at radius 3 is 2.61 bits per heavy atom. The Hall–Kier alpha value is -1.02. The summed E-state index contributed by atoms with van der Waals surface area (Å²) in [6.07, 6.45) is 3.03. The summed E-state index contributed by atoms with van der Waals surface area (Å²) >= 11 is 6.12. The van der Waals surface area contributed by atoms with Gasteiger partial charge in [0.15, 0.2) is 5.96 Å². The number of hydrogen-bond donors (Lipinski definition) is 2. The number of aliphatic imine (C=N–C) groups is 1. The molecule has 0 radical (unpaired) electrons. The van der Waals surface area contributed by atoms with Crippen molar-refractivity contribution in [2.45, 2.75) is 58.0 Å². The summed E-state index contributed by atoms with van der Waals surface area (Å²) in [7, 11) is 0. The minimum atomic E-state index is 0. The minimum absolute atomic E-state index is 0. The highest BCUT2D eigenvalue weighted by molar-refractivity contribution is 14.0. The molecule has 0 bridgehead atoms. The Morgan fingerprint density at radius 1 is 1.29 bits per heavy atom. The van der Waals surface area contributed by atoms with E-state index in [-0.39, 0.29) is 35.8 Å². The summed E-state index contributed by atoms with van der Waals surface area (Å²) < 4.78 is 0. The van der Waals surface area contributed by atoms with Crippen LogP contribution in [0.15, 0.2) is 29.3 Å². The van der Waals surface area contributed by atoms with E-state index in [4.69, 9.17) is 11.6 Å². The van der Waals surface area contributed by atoms with Gasteiger partial charge in [0.1, 0.15) is 0 Å². The minimum Gasteiger partial charge on any atom is -0.354 e. The van der Waals surface area contributed by atoms with E-state index < -0.39 is 0 Å². The van der Waals surface area contributed by atoms with Crippen LogP contribution in [0.4, 0.5) is 0 Å². The smallest absolute Gasteiger partial charge is 0.225 e. The average Bonchev–Trinajstić information content (AvgIpc) is 3.41. The van der Waals surface area contributed by atoms with Gasteiger partial charge in [0.05, 0.1) is 0 Å². The zero-order valence-corrected chi connectivity index (χ0v) is 20.0. The standard InChI is InChI=1S/C21H31ClN4O.HI/c1-4-23-21(24-17-8-10-26(11-9-17)20(27)14(2)3)25-19-13-18(19)15-6-5-7-16(22)12-15;/h5-7,12,14,17-19H,4,8-11,13H2,1-3H3,(H2,23,24,25);1H. The maximum atomic E-state index is 12.1. The second-order valence-electron chi connectivity index (χ2n) is 7.87. The molecule has 156 valence electrons. The monoisotopic (exact) mass is 518 g/mol. The van der Waals surface area contributed by atoms with Gasteiger partial charge in [0, 0.05) is 48.6 Å². The number of hydrogen-bond acceptors (Lipinski definition) is 2. The highest BCUT2D eigenvalue weighted by Crippen LogP contribution is 2.41. The van der Waals surface area contributed by atoms with Crippen molar-refractivity contribution >= 4 is 47.4 Å². The predicted molar refractivity (Wildman–Crippen MR) is 127 cm³/mol. The molecule has 7 heteroatoms. The van der Waals surface area contributed by atoms with Gasteiger partial charge in [-0.2, -0.15) is 0 Å². The molecule has 3 rings (SSSR count). The molecule has 1 saturated heterocycles. The van der Waals surface area contributed by atoms with Crippen LogP contribution < -0.4 is 10.6 Å². The molecule has 1 aromatic rings. The molecule has 5 nitrogen and oxygen atoms in total. The fraction of sp³-hybridized carbons (Fsp3) is 0.619. The number of carbonyl (C=O) groups excluding carboxylic acids is 1. The van der Waals surface area contributed by atoms with Crippen LogP contribution in [0.25, 0.3) is 0 Å². The maximum Gasteiger partial charge on any atom is 0.225 e. The van der Waals surface area contributed by atoms with E-state index in [1.165, 1.54) is 5.56 Å². The van der Waals surface area contributed by atoms with Crippen molar-refractivity contribution < 1.29 is 4.79 Å². The summed E-state index contributed by atoms with van der Waals surface area (Å²) in [4.78, 5) is 18.7. The van der Waals surface area contributed by atoms with Crippen LogP contribution >= 0.6 is 35.6 Å². The molecular formula is C21H32ClIN4O. The summed E-state index contributed by atoms with van der Waals surface area (Å²) in [6, 6.07) is 8.89. The zero-order chi connectivity index (χ0) is 19.4. The molecule has 2 atom stereocenters. The highest BCUT2D eigenvalue weighted by Gasteiger charge is 2.39. The second-order valence-corrected chi connectivity index (χ2v) is 8.31. The number of nitrogens with one attached hydrogen (secondary N) is 2. The Morgan fingerprint density at radius 2 is 2.00 bits per heavy atom. The van der Waals surface area contributed by atoms with Crippen molar-refractivity contribution in [3.8, 4) is 0 Å².